The van der Waals surface area contributed by atoms with Gasteiger partial charge in [0.1, 0.15) is 0 Å². The van der Waals surface area contributed by atoms with Gasteiger partial charge in [-0.05, 0) is 30.9 Å². The third-order valence-electron chi connectivity index (χ3n) is 2.88. The first-order chi connectivity index (χ1) is 7.31. The Hall–Kier alpha value is -1.22. The molecular weight excluding hydrogens is 192 g/mol. The molecule has 1 aliphatic carbocycles. The summed E-state index contributed by atoms with van der Waals surface area (Å²) < 4.78 is 5.60. The molecule has 1 atom stereocenters. The lowest BCUT2D eigenvalue weighted by Gasteiger charge is -2.26. The van der Waals surface area contributed by atoms with Crippen LogP contribution in [0.1, 0.15) is 25.7 Å². The molecule has 0 amide bonds. The van der Waals surface area contributed by atoms with E-state index in [2.05, 4.69) is 0 Å². The maximum absolute atomic E-state index is 11.5. The SMILES string of the molecule is O=CC1=CC=C(C2CCCCO2)CC1=O. The first-order valence-corrected chi connectivity index (χ1v) is 5.32. The zero-order valence-corrected chi connectivity index (χ0v) is 8.57. The zero-order valence-electron chi connectivity index (χ0n) is 8.57. The summed E-state index contributed by atoms with van der Waals surface area (Å²) in [6, 6.07) is 0. The number of Topliss-reactive ketones (excluding diaryl/α,β-unsaturated/α-hetero) is 1. The Morgan fingerprint density at radius 3 is 2.80 bits per heavy atom. The minimum Gasteiger partial charge on any atom is -0.374 e. The van der Waals surface area contributed by atoms with Crippen molar-refractivity contribution in [3.63, 3.8) is 0 Å². The van der Waals surface area contributed by atoms with Crippen LogP contribution < -0.4 is 0 Å². The van der Waals surface area contributed by atoms with Crippen molar-refractivity contribution in [2.24, 2.45) is 0 Å². The Bertz CT molecular complexity index is 333. The van der Waals surface area contributed by atoms with Gasteiger partial charge in [-0.25, -0.2) is 0 Å². The predicted octanol–water partition coefficient (Wildman–Crippen LogP) is 1.58. The molecule has 0 aromatic heterocycles. The molecule has 0 aromatic rings. The molecule has 3 nitrogen and oxygen atoms in total. The average molecular weight is 206 g/mol. The standard InChI is InChI=1S/C12H14O3/c13-8-10-5-4-9(7-11(10)14)12-3-1-2-6-15-12/h4-5,8,12H,1-3,6-7H2. The lowest BCUT2D eigenvalue weighted by molar-refractivity contribution is -0.117. The Morgan fingerprint density at radius 1 is 1.33 bits per heavy atom. The second-order valence-corrected chi connectivity index (χ2v) is 3.94. The highest BCUT2D eigenvalue weighted by Crippen LogP contribution is 2.25. The van der Waals surface area contributed by atoms with E-state index in [4.69, 9.17) is 4.74 Å². The normalized spacial score (nSPS) is 26.9. The first-order valence-electron chi connectivity index (χ1n) is 5.32. The summed E-state index contributed by atoms with van der Waals surface area (Å²) >= 11 is 0. The lowest BCUT2D eigenvalue weighted by atomic mass is 9.91. The van der Waals surface area contributed by atoms with Crippen LogP contribution in [0, 0.1) is 0 Å². The quantitative estimate of drug-likeness (QED) is 0.509. The fourth-order valence-corrected chi connectivity index (χ4v) is 2.00. The van der Waals surface area contributed by atoms with Crippen LogP contribution in [-0.4, -0.2) is 24.8 Å². The number of carbonyl (C=O) groups is 2. The molecule has 2 aliphatic rings. The Balaban J connectivity index is 2.10. The number of rotatable bonds is 2. The van der Waals surface area contributed by atoms with Gasteiger partial charge in [0.05, 0.1) is 11.7 Å². The fourth-order valence-electron chi connectivity index (χ4n) is 2.00. The summed E-state index contributed by atoms with van der Waals surface area (Å²) in [5, 5.41) is 0. The van der Waals surface area contributed by atoms with E-state index in [1.165, 1.54) is 0 Å². The van der Waals surface area contributed by atoms with E-state index in [1.807, 2.05) is 6.08 Å². The molecule has 1 saturated heterocycles. The number of hydrogen-bond donors (Lipinski definition) is 0. The average Bonchev–Trinajstić information content (AvgIpc) is 2.30. The Morgan fingerprint density at radius 2 is 2.20 bits per heavy atom. The molecule has 15 heavy (non-hydrogen) atoms. The molecule has 80 valence electrons. The van der Waals surface area contributed by atoms with Crippen molar-refractivity contribution in [2.45, 2.75) is 31.8 Å². The monoisotopic (exact) mass is 206 g/mol. The summed E-state index contributed by atoms with van der Waals surface area (Å²) in [6.07, 6.45) is 7.77. The summed E-state index contributed by atoms with van der Waals surface area (Å²) in [6.45, 7) is 0.778. The van der Waals surface area contributed by atoms with E-state index in [-0.39, 0.29) is 17.5 Å². The van der Waals surface area contributed by atoms with E-state index >= 15 is 0 Å². The van der Waals surface area contributed by atoms with E-state index in [0.29, 0.717) is 12.7 Å². The Labute approximate surface area is 88.8 Å². The second-order valence-electron chi connectivity index (χ2n) is 3.94. The lowest BCUT2D eigenvalue weighted by Crippen LogP contribution is -2.24. The van der Waals surface area contributed by atoms with Crippen LogP contribution in [0.15, 0.2) is 23.3 Å². The van der Waals surface area contributed by atoms with Crippen molar-refractivity contribution in [1.82, 2.24) is 0 Å². The van der Waals surface area contributed by atoms with Crippen LogP contribution >= 0.6 is 0 Å². The molecule has 2 rings (SSSR count). The van der Waals surface area contributed by atoms with E-state index in [9.17, 15) is 9.59 Å². The van der Waals surface area contributed by atoms with Crippen LogP contribution in [0.5, 0.6) is 0 Å². The van der Waals surface area contributed by atoms with Crippen LogP contribution in [0.2, 0.25) is 0 Å². The number of allylic oxidation sites excluding steroid dienone is 3. The topological polar surface area (TPSA) is 43.4 Å². The number of aldehydes is 1. The highest BCUT2D eigenvalue weighted by Gasteiger charge is 2.23. The second kappa shape index (κ2) is 4.53. The molecule has 1 unspecified atom stereocenters. The molecular formula is C12H14O3. The van der Waals surface area contributed by atoms with Crippen LogP contribution in [0.25, 0.3) is 0 Å². The zero-order chi connectivity index (χ0) is 10.7. The summed E-state index contributed by atoms with van der Waals surface area (Å²) in [7, 11) is 0. The molecule has 1 heterocycles. The molecule has 3 heteroatoms. The molecule has 0 saturated carbocycles. The highest BCUT2D eigenvalue weighted by atomic mass is 16.5. The third-order valence-corrected chi connectivity index (χ3v) is 2.88. The van der Waals surface area contributed by atoms with E-state index in [0.717, 1.165) is 31.4 Å². The van der Waals surface area contributed by atoms with E-state index < -0.39 is 0 Å². The van der Waals surface area contributed by atoms with Crippen molar-refractivity contribution in [1.29, 1.82) is 0 Å². The summed E-state index contributed by atoms with van der Waals surface area (Å²) in [5.41, 5.74) is 1.29. The van der Waals surface area contributed by atoms with Gasteiger partial charge in [0.25, 0.3) is 0 Å². The van der Waals surface area contributed by atoms with Gasteiger partial charge in [0.2, 0.25) is 0 Å². The molecule has 0 bridgehead atoms. The smallest absolute Gasteiger partial charge is 0.170 e. The van der Waals surface area contributed by atoms with E-state index in [1.54, 1.807) is 6.08 Å². The van der Waals surface area contributed by atoms with Crippen molar-refractivity contribution in [3.05, 3.63) is 23.3 Å². The van der Waals surface area contributed by atoms with Gasteiger partial charge in [0.15, 0.2) is 12.1 Å². The van der Waals surface area contributed by atoms with Crippen LogP contribution in [0.4, 0.5) is 0 Å². The van der Waals surface area contributed by atoms with Gasteiger partial charge >= 0.3 is 0 Å². The van der Waals surface area contributed by atoms with Crippen molar-refractivity contribution >= 4 is 12.1 Å². The first kappa shape index (κ1) is 10.3. The van der Waals surface area contributed by atoms with Gasteiger partial charge in [0, 0.05) is 13.0 Å². The number of ketones is 1. The van der Waals surface area contributed by atoms with Crippen molar-refractivity contribution in [2.75, 3.05) is 6.61 Å². The molecule has 1 fully saturated rings. The van der Waals surface area contributed by atoms with Gasteiger partial charge < -0.3 is 4.74 Å². The minimum absolute atomic E-state index is 0.0864. The van der Waals surface area contributed by atoms with Crippen LogP contribution in [-0.2, 0) is 14.3 Å². The van der Waals surface area contributed by atoms with Crippen molar-refractivity contribution < 1.29 is 14.3 Å². The number of carbonyl (C=O) groups excluding carboxylic acids is 2. The number of ether oxygens (including phenoxy) is 1. The van der Waals surface area contributed by atoms with Gasteiger partial charge in [-0.2, -0.15) is 0 Å². The molecule has 0 radical (unpaired) electrons. The third kappa shape index (κ3) is 2.23. The van der Waals surface area contributed by atoms with Gasteiger partial charge in [-0.1, -0.05) is 6.08 Å². The van der Waals surface area contributed by atoms with Crippen molar-refractivity contribution in [3.8, 4) is 0 Å². The summed E-state index contributed by atoms with van der Waals surface area (Å²) in [4.78, 5) is 22.0. The largest absolute Gasteiger partial charge is 0.374 e. The number of hydrogen-bond acceptors (Lipinski definition) is 3. The summed E-state index contributed by atoms with van der Waals surface area (Å²) in [5.74, 6) is -0.0864. The Kier molecular flexibility index (Phi) is 3.11. The highest BCUT2D eigenvalue weighted by molar-refractivity contribution is 6.13. The molecule has 0 spiro atoms. The predicted molar refractivity (Wildman–Crippen MR) is 55.4 cm³/mol. The van der Waals surface area contributed by atoms with Gasteiger partial charge in [-0.15, -0.1) is 0 Å². The minimum atomic E-state index is -0.0864. The molecule has 1 aliphatic heterocycles. The molecule has 0 N–H and O–H groups in total. The maximum Gasteiger partial charge on any atom is 0.170 e. The molecule has 0 aromatic carbocycles. The maximum atomic E-state index is 11.5. The van der Waals surface area contributed by atoms with Gasteiger partial charge in [-0.3, -0.25) is 9.59 Å². The fraction of sp³-hybridized carbons (Fsp3) is 0.500. The van der Waals surface area contributed by atoms with Crippen LogP contribution in [0.3, 0.4) is 0 Å².